The minimum Gasteiger partial charge on any atom is -0.488 e. The fourth-order valence-electron chi connectivity index (χ4n) is 6.66. The molecule has 0 unspecified atom stereocenters. The molecule has 0 saturated carbocycles. The van der Waals surface area contributed by atoms with E-state index in [4.69, 9.17) is 20.3 Å². The van der Waals surface area contributed by atoms with Gasteiger partial charge in [-0.2, -0.15) is 0 Å². The Labute approximate surface area is 339 Å². The van der Waals surface area contributed by atoms with Gasteiger partial charge < -0.3 is 46.5 Å². The summed E-state index contributed by atoms with van der Waals surface area (Å²) in [5.74, 6) is -3.04. The van der Waals surface area contributed by atoms with Gasteiger partial charge in [0, 0.05) is 19.4 Å². The molecule has 3 aromatic rings. The van der Waals surface area contributed by atoms with Crippen LogP contribution in [0.5, 0.6) is 5.75 Å². The molecule has 1 saturated heterocycles. The van der Waals surface area contributed by atoms with Crippen LogP contribution in [-0.4, -0.2) is 101 Å². The van der Waals surface area contributed by atoms with Crippen molar-refractivity contribution in [3.05, 3.63) is 77.9 Å². The molecule has 1 aliphatic rings. The largest absolute Gasteiger partial charge is 0.488 e. The van der Waals surface area contributed by atoms with Crippen molar-refractivity contribution in [2.75, 3.05) is 19.6 Å². The van der Waals surface area contributed by atoms with Crippen molar-refractivity contribution in [2.24, 2.45) is 5.73 Å². The van der Waals surface area contributed by atoms with E-state index in [-0.39, 0.29) is 32.4 Å². The quantitative estimate of drug-likeness (QED) is 0.117. The molecule has 15 nitrogen and oxygen atoms in total. The number of alkyl carbamates (subject to hydrolysis) is 1. The number of nitrogens with zero attached hydrogens (tertiary/aromatic N) is 1. The van der Waals surface area contributed by atoms with Gasteiger partial charge >= 0.3 is 12.1 Å². The lowest BCUT2D eigenvalue weighted by Gasteiger charge is -2.30. The number of carbonyl (C=O) groups excluding carboxylic acids is 5. The number of likely N-dealkylation sites (tertiary alicyclic amines) is 1. The number of carbonyl (C=O) groups is 6. The summed E-state index contributed by atoms with van der Waals surface area (Å²) < 4.78 is 11.4. The molecule has 58 heavy (non-hydrogen) atoms. The maximum absolute atomic E-state index is 14.3. The third-order valence-electron chi connectivity index (χ3n) is 9.25. The summed E-state index contributed by atoms with van der Waals surface area (Å²) in [6, 6.07) is 16.1. The van der Waals surface area contributed by atoms with E-state index in [0.717, 1.165) is 16.3 Å². The van der Waals surface area contributed by atoms with Crippen LogP contribution in [0.2, 0.25) is 0 Å². The number of carboxylic acids is 1. The lowest BCUT2D eigenvalue weighted by atomic mass is 9.99. The standard InChI is InChI=1S/C43H58N6O9/c1-42(2,3)57-31-19-16-27(17-20-31)24-33(48-41(56)58-43(4,5)6)38(53)46-32(13-9-21-44)37(52)47-34(25-28-15-18-29-11-7-8-12-30(29)23-28)40(55)49-22-10-14-35(49)39(54)45-26-36(50)51/h7-8,11-12,15-20,23,32-35H,9-10,13-14,21-22,24-26,44H2,1-6H3,(H,45,54)(H,46,53)(H,47,52)(H,48,56)(H,50,51)/t32-,33+,34+,35+/m1/s1. The minimum absolute atomic E-state index is 0.0511. The van der Waals surface area contributed by atoms with E-state index in [2.05, 4.69) is 21.3 Å². The van der Waals surface area contributed by atoms with Crippen molar-refractivity contribution >= 4 is 46.5 Å². The predicted octanol–water partition coefficient (Wildman–Crippen LogP) is 3.60. The Kier molecular flexibility index (Phi) is 15.6. The summed E-state index contributed by atoms with van der Waals surface area (Å²) in [6.07, 6.45) is 0.575. The van der Waals surface area contributed by atoms with Crippen molar-refractivity contribution in [1.82, 2.24) is 26.2 Å². The Hall–Kier alpha value is -5.70. The Balaban J connectivity index is 1.61. The molecule has 314 valence electrons. The van der Waals surface area contributed by atoms with Crippen molar-refractivity contribution in [2.45, 2.75) is 115 Å². The number of nitrogens with two attached hydrogens (primary N) is 1. The molecule has 4 rings (SSSR count). The lowest BCUT2D eigenvalue weighted by molar-refractivity contribution is -0.143. The first-order valence-electron chi connectivity index (χ1n) is 19.7. The lowest BCUT2D eigenvalue weighted by Crippen LogP contribution is -2.59. The summed E-state index contributed by atoms with van der Waals surface area (Å²) in [5, 5.41) is 21.7. The van der Waals surface area contributed by atoms with Gasteiger partial charge in [-0.15, -0.1) is 0 Å². The molecule has 15 heteroatoms. The van der Waals surface area contributed by atoms with Crippen molar-refractivity contribution < 1.29 is 43.3 Å². The van der Waals surface area contributed by atoms with Crippen molar-refractivity contribution in [3.8, 4) is 5.75 Å². The van der Waals surface area contributed by atoms with Gasteiger partial charge in [0.15, 0.2) is 0 Å². The number of hydrogen-bond donors (Lipinski definition) is 6. The van der Waals surface area contributed by atoms with Crippen LogP contribution in [0.1, 0.15) is 78.4 Å². The zero-order chi connectivity index (χ0) is 42.6. The van der Waals surface area contributed by atoms with Gasteiger partial charge in [0.25, 0.3) is 0 Å². The molecule has 1 fully saturated rings. The number of rotatable bonds is 17. The van der Waals surface area contributed by atoms with Gasteiger partial charge in [-0.3, -0.25) is 24.0 Å². The fraction of sp³-hybridized carbons (Fsp3) is 0.488. The maximum Gasteiger partial charge on any atom is 0.408 e. The second-order valence-electron chi connectivity index (χ2n) is 16.5. The van der Waals surface area contributed by atoms with Gasteiger partial charge in [0.05, 0.1) is 0 Å². The molecule has 7 N–H and O–H groups in total. The Morgan fingerprint density at radius 1 is 0.793 bits per heavy atom. The molecule has 4 atom stereocenters. The highest BCUT2D eigenvalue weighted by Gasteiger charge is 2.39. The second kappa shape index (κ2) is 20.1. The van der Waals surface area contributed by atoms with E-state index in [0.29, 0.717) is 30.6 Å². The first-order chi connectivity index (χ1) is 27.3. The van der Waals surface area contributed by atoms with E-state index < -0.39 is 77.6 Å². The van der Waals surface area contributed by atoms with Crippen LogP contribution in [0, 0.1) is 0 Å². The molecule has 1 aliphatic heterocycles. The van der Waals surface area contributed by atoms with Gasteiger partial charge in [0.2, 0.25) is 23.6 Å². The molecule has 0 aromatic heterocycles. The molecule has 0 radical (unpaired) electrons. The average molecular weight is 803 g/mol. The zero-order valence-electron chi connectivity index (χ0n) is 34.3. The number of aliphatic carboxylic acids is 1. The highest BCUT2D eigenvalue weighted by molar-refractivity contribution is 5.96. The number of ether oxygens (including phenoxy) is 2. The van der Waals surface area contributed by atoms with Gasteiger partial charge in [-0.1, -0.05) is 54.6 Å². The Morgan fingerprint density at radius 2 is 1.41 bits per heavy atom. The summed E-state index contributed by atoms with van der Waals surface area (Å²) in [4.78, 5) is 81.2. The number of fused-ring (bicyclic) bond motifs is 1. The minimum atomic E-state index is -1.22. The fourth-order valence-corrected chi connectivity index (χ4v) is 6.66. The number of amides is 5. The predicted molar refractivity (Wildman–Crippen MR) is 219 cm³/mol. The molecule has 3 aromatic carbocycles. The normalized spacial score (nSPS) is 15.8. The monoisotopic (exact) mass is 802 g/mol. The Morgan fingerprint density at radius 3 is 2.05 bits per heavy atom. The molecule has 5 amide bonds. The Bertz CT molecular complexity index is 1920. The van der Waals surface area contributed by atoms with Crippen LogP contribution >= 0.6 is 0 Å². The van der Waals surface area contributed by atoms with E-state index in [1.807, 2.05) is 63.2 Å². The van der Waals surface area contributed by atoms with Crippen LogP contribution in [0.15, 0.2) is 66.7 Å². The average Bonchev–Trinajstić information content (AvgIpc) is 3.64. The third-order valence-corrected chi connectivity index (χ3v) is 9.25. The molecule has 0 spiro atoms. The van der Waals surface area contributed by atoms with Crippen molar-refractivity contribution in [1.29, 1.82) is 0 Å². The van der Waals surface area contributed by atoms with E-state index in [1.165, 1.54) is 4.90 Å². The topological polar surface area (TPSA) is 218 Å². The molecule has 0 bridgehead atoms. The summed E-state index contributed by atoms with van der Waals surface area (Å²) in [5.41, 5.74) is 6.02. The number of carboxylic acid groups (broad SMARTS) is 1. The highest BCUT2D eigenvalue weighted by Crippen LogP contribution is 2.23. The van der Waals surface area contributed by atoms with Gasteiger partial charge in [-0.05, 0) is 108 Å². The number of benzene rings is 3. The van der Waals surface area contributed by atoms with Gasteiger partial charge in [-0.25, -0.2) is 4.79 Å². The summed E-state index contributed by atoms with van der Waals surface area (Å²) in [7, 11) is 0. The van der Waals surface area contributed by atoms with Gasteiger partial charge in [0.1, 0.15) is 47.7 Å². The van der Waals surface area contributed by atoms with Crippen LogP contribution in [0.25, 0.3) is 10.8 Å². The first-order valence-corrected chi connectivity index (χ1v) is 19.7. The second-order valence-corrected chi connectivity index (χ2v) is 16.5. The third kappa shape index (κ3) is 14.0. The van der Waals surface area contributed by atoms with E-state index in [1.54, 1.807) is 45.0 Å². The van der Waals surface area contributed by atoms with Crippen LogP contribution in [0.3, 0.4) is 0 Å². The SMILES string of the molecule is CC(C)(C)OC(=O)N[C@@H](Cc1ccc(OC(C)(C)C)cc1)C(=O)N[C@H](CCCN)C(=O)N[C@@H](Cc1ccc2ccccc2c1)C(=O)N1CCC[C@H]1C(=O)NCC(=O)O. The molecule has 1 heterocycles. The number of nitrogens with one attached hydrogen (secondary N) is 4. The van der Waals surface area contributed by atoms with Crippen molar-refractivity contribution in [3.63, 3.8) is 0 Å². The highest BCUT2D eigenvalue weighted by atomic mass is 16.6. The molecular formula is C43H58N6O9. The number of hydrogen-bond acceptors (Lipinski definition) is 9. The zero-order valence-corrected chi connectivity index (χ0v) is 34.3. The van der Waals surface area contributed by atoms with Crippen LogP contribution < -0.4 is 31.7 Å². The molecular weight excluding hydrogens is 745 g/mol. The maximum atomic E-state index is 14.3. The summed E-state index contributed by atoms with van der Waals surface area (Å²) >= 11 is 0. The van der Waals surface area contributed by atoms with Crippen LogP contribution in [0.4, 0.5) is 4.79 Å². The summed E-state index contributed by atoms with van der Waals surface area (Å²) in [6.45, 7) is 10.7. The smallest absolute Gasteiger partial charge is 0.408 e. The first kappa shape index (κ1) is 45.0. The van der Waals surface area contributed by atoms with Crippen LogP contribution in [-0.2, 0) is 41.6 Å². The van der Waals surface area contributed by atoms with E-state index in [9.17, 15) is 28.8 Å². The van der Waals surface area contributed by atoms with E-state index >= 15 is 0 Å². The molecule has 0 aliphatic carbocycles.